The Hall–Kier alpha value is -1.62. The smallest absolute Gasteiger partial charge is 0.464 e. The van der Waals surface area contributed by atoms with Crippen LogP contribution in [-0.4, -0.2) is 71.9 Å². The van der Waals surface area contributed by atoms with E-state index in [0.29, 0.717) is 10.5 Å². The molecule has 39 heavy (non-hydrogen) atoms. The Kier molecular flexibility index (Phi) is 10.6. The van der Waals surface area contributed by atoms with Gasteiger partial charge in [0.15, 0.2) is 11.8 Å². The summed E-state index contributed by atoms with van der Waals surface area (Å²) >= 11 is 18.0. The third-order valence-corrected chi connectivity index (χ3v) is 9.55. The summed E-state index contributed by atoms with van der Waals surface area (Å²) < 4.78 is 41.5. The number of hydrogen-bond acceptors (Lipinski definition) is 13. The van der Waals surface area contributed by atoms with Gasteiger partial charge in [-0.05, 0) is 26.0 Å². The molecule has 0 unspecified atom stereocenters. The highest BCUT2D eigenvalue weighted by atomic mass is 35.6. The zero-order chi connectivity index (χ0) is 29.1. The van der Waals surface area contributed by atoms with Crippen LogP contribution in [0.3, 0.4) is 0 Å². The van der Waals surface area contributed by atoms with Crippen molar-refractivity contribution < 1.29 is 41.2 Å². The number of halogens is 3. The van der Waals surface area contributed by atoms with Gasteiger partial charge in [-0.25, -0.2) is 14.6 Å². The number of thiazole rings is 1. The van der Waals surface area contributed by atoms with E-state index in [1.807, 2.05) is 18.2 Å². The number of rotatable bonds is 10. The predicted molar refractivity (Wildman–Crippen MR) is 150 cm³/mol. The Morgan fingerprint density at radius 3 is 2.59 bits per heavy atom. The van der Waals surface area contributed by atoms with Crippen LogP contribution in [0.1, 0.15) is 25.0 Å². The molecule has 2 atom stereocenters. The molecule has 1 saturated heterocycles. The number of nitrogens with zero attached hydrogens (tertiary/aromatic N) is 2. The zero-order valence-electron chi connectivity index (χ0n) is 20.6. The summed E-state index contributed by atoms with van der Waals surface area (Å²) in [6.07, 6.45) is -0.920. The highest BCUT2D eigenvalue weighted by molar-refractivity contribution is 8.77. The third-order valence-electron chi connectivity index (χ3n) is 4.78. The van der Waals surface area contributed by atoms with Crippen molar-refractivity contribution in [2.75, 3.05) is 26.5 Å². The minimum Gasteiger partial charge on any atom is -0.464 e. The fourth-order valence-corrected chi connectivity index (χ4v) is 7.37. The predicted octanol–water partition coefficient (Wildman–Crippen LogP) is 5.21. The Morgan fingerprint density at radius 1 is 1.31 bits per heavy atom. The monoisotopic (exact) mass is 678 g/mol. The van der Waals surface area contributed by atoms with Gasteiger partial charge in [0.2, 0.25) is 9.70 Å². The van der Waals surface area contributed by atoms with Crippen LogP contribution in [0.15, 0.2) is 34.6 Å². The Labute approximate surface area is 250 Å². The van der Waals surface area contributed by atoms with Crippen molar-refractivity contribution in [2.24, 2.45) is 0 Å². The lowest BCUT2D eigenvalue weighted by molar-refractivity contribution is -0.146. The van der Waals surface area contributed by atoms with Gasteiger partial charge in [0, 0.05) is 11.4 Å². The molecule has 1 aliphatic rings. The first kappa shape index (κ1) is 31.9. The van der Waals surface area contributed by atoms with Crippen molar-refractivity contribution in [3.05, 3.63) is 34.7 Å². The van der Waals surface area contributed by atoms with Crippen LogP contribution in [0, 0.1) is 0 Å². The molecule has 214 valence electrons. The molecule has 0 bridgehead atoms. The zero-order valence-corrected chi connectivity index (χ0v) is 26.2. The number of likely N-dealkylation sites (tertiary alicyclic amines) is 1. The summed E-state index contributed by atoms with van der Waals surface area (Å²) in [5.41, 5.74) is 0.374. The van der Waals surface area contributed by atoms with Gasteiger partial charge in [0.1, 0.15) is 22.6 Å². The van der Waals surface area contributed by atoms with Gasteiger partial charge in [-0.15, -0.1) is 11.3 Å². The number of hydrogen-bond donors (Lipinski definition) is 0. The van der Waals surface area contributed by atoms with Crippen LogP contribution in [0.2, 0.25) is 0 Å². The lowest BCUT2D eigenvalue weighted by atomic mass is 10.1. The molecule has 0 N–H and O–H groups in total. The summed E-state index contributed by atoms with van der Waals surface area (Å²) in [6.45, 7) is 2.55. The molecule has 18 heteroatoms. The van der Waals surface area contributed by atoms with Crippen LogP contribution in [-0.2, 0) is 38.1 Å². The van der Waals surface area contributed by atoms with Crippen molar-refractivity contribution in [1.29, 1.82) is 0 Å². The van der Waals surface area contributed by atoms with Gasteiger partial charge >= 0.3 is 22.2 Å². The van der Waals surface area contributed by atoms with Crippen molar-refractivity contribution in [1.82, 2.24) is 9.88 Å². The Balaban J connectivity index is 1.67. The van der Waals surface area contributed by atoms with E-state index in [-0.39, 0.29) is 18.0 Å². The lowest BCUT2D eigenvalue weighted by Crippen LogP contribution is -2.55. The second kappa shape index (κ2) is 12.9. The van der Waals surface area contributed by atoms with E-state index >= 15 is 0 Å². The summed E-state index contributed by atoms with van der Waals surface area (Å²) in [5, 5.41) is -0.0158. The summed E-state index contributed by atoms with van der Waals surface area (Å²) in [4.78, 5) is 43.4. The SMILES string of the molecule is COC(=O)C(=C(C)OS(C)(=O)=O)N1C[C@H](SSc2cccc3sc([C@@H](C)OC(=O)OCC(Cl)(Cl)Cl)nc23)C1=O. The van der Waals surface area contributed by atoms with Crippen LogP contribution in [0.5, 0.6) is 0 Å². The lowest BCUT2D eigenvalue weighted by Gasteiger charge is -2.38. The number of allylic oxidation sites excluding steroid dienone is 1. The first-order valence-corrected chi connectivity index (χ1v) is 16.7. The van der Waals surface area contributed by atoms with Gasteiger partial charge in [-0.2, -0.15) is 8.42 Å². The number of benzene rings is 1. The van der Waals surface area contributed by atoms with Crippen LogP contribution < -0.4 is 0 Å². The van der Waals surface area contributed by atoms with Crippen LogP contribution in [0.4, 0.5) is 4.79 Å². The maximum absolute atomic E-state index is 12.8. The number of alkyl halides is 3. The van der Waals surface area contributed by atoms with Gasteiger partial charge in [-0.3, -0.25) is 4.79 Å². The molecule has 0 aliphatic carbocycles. The first-order valence-electron chi connectivity index (χ1n) is 10.7. The van der Waals surface area contributed by atoms with E-state index in [4.69, 9.17) is 53.2 Å². The number of carbonyl (C=O) groups is 3. The fraction of sp³-hybridized carbons (Fsp3) is 0.429. The first-order chi connectivity index (χ1) is 18.1. The number of methoxy groups -OCH3 is 1. The quantitative estimate of drug-likeness (QED) is 0.0620. The molecule has 2 heterocycles. The van der Waals surface area contributed by atoms with Crippen LogP contribution in [0.25, 0.3) is 10.2 Å². The molecule has 11 nitrogen and oxygen atoms in total. The highest BCUT2D eigenvalue weighted by Gasteiger charge is 2.43. The summed E-state index contributed by atoms with van der Waals surface area (Å²) in [6, 6.07) is 5.51. The summed E-state index contributed by atoms with van der Waals surface area (Å²) in [7, 11) is -0.234. The molecule has 1 aromatic carbocycles. The normalized spacial score (nSPS) is 17.3. The van der Waals surface area contributed by atoms with Gasteiger partial charge in [-0.1, -0.05) is 62.5 Å². The molecule has 1 aliphatic heterocycles. The van der Waals surface area contributed by atoms with Crippen LogP contribution >= 0.6 is 67.7 Å². The van der Waals surface area contributed by atoms with Crippen molar-refractivity contribution >= 4 is 106 Å². The minimum absolute atomic E-state index is 0.130. The average molecular weight is 680 g/mol. The summed E-state index contributed by atoms with van der Waals surface area (Å²) in [5.74, 6) is -1.57. The molecular formula is C21H21Cl3N2O9S4. The number of ether oxygens (including phenoxy) is 3. The van der Waals surface area contributed by atoms with E-state index < -0.39 is 49.9 Å². The van der Waals surface area contributed by atoms with Crippen molar-refractivity contribution in [3.8, 4) is 0 Å². The largest absolute Gasteiger partial charge is 0.509 e. The van der Waals surface area contributed by atoms with Crippen molar-refractivity contribution in [2.45, 2.75) is 33.9 Å². The second-order valence-corrected chi connectivity index (χ2v) is 15.5. The van der Waals surface area contributed by atoms with Crippen molar-refractivity contribution in [3.63, 3.8) is 0 Å². The Bertz CT molecular complexity index is 1410. The van der Waals surface area contributed by atoms with Gasteiger partial charge in [0.25, 0.3) is 0 Å². The number of esters is 1. The molecule has 2 aromatic rings. The number of amides is 1. The number of aromatic nitrogens is 1. The van der Waals surface area contributed by atoms with E-state index in [9.17, 15) is 22.8 Å². The van der Waals surface area contributed by atoms with E-state index in [1.54, 1.807) is 6.92 Å². The molecule has 0 radical (unpaired) electrons. The molecular weight excluding hydrogens is 659 g/mol. The molecule has 1 fully saturated rings. The number of fused-ring (bicyclic) bond motifs is 1. The van der Waals surface area contributed by atoms with E-state index in [2.05, 4.69) is 4.98 Å². The molecule has 0 spiro atoms. The maximum atomic E-state index is 12.8. The molecule has 1 aromatic heterocycles. The van der Waals surface area contributed by atoms with Gasteiger partial charge in [0.05, 0.1) is 23.6 Å². The average Bonchev–Trinajstić information content (AvgIpc) is 3.27. The highest BCUT2D eigenvalue weighted by Crippen LogP contribution is 2.44. The number of para-hydroxylation sites is 1. The van der Waals surface area contributed by atoms with E-state index in [0.717, 1.165) is 27.9 Å². The minimum atomic E-state index is -3.92. The fourth-order valence-electron chi connectivity index (χ4n) is 3.14. The van der Waals surface area contributed by atoms with E-state index in [1.165, 1.54) is 39.8 Å². The topological polar surface area (TPSA) is 138 Å². The maximum Gasteiger partial charge on any atom is 0.509 e. The molecule has 1 amide bonds. The number of carbonyl (C=O) groups excluding carboxylic acids is 3. The van der Waals surface area contributed by atoms with Gasteiger partial charge < -0.3 is 23.3 Å². The number of β-lactam (4-membered cyclic amide) rings is 1. The molecule has 3 rings (SSSR count). The standard InChI is InChI=1S/C21H21Cl3N2O9S4/c1-10(35-39(4,30)31)16(19(28)32-3)26-8-14(18(26)27)38-37-13-7-5-6-12-15(13)25-17(36-12)11(2)34-20(29)33-9-21(22,23)24/h5-7,11,14H,8-9H2,1-4H3/t11-,14+/m1/s1. The second-order valence-electron chi connectivity index (χ2n) is 7.87. The molecule has 0 saturated carbocycles. The Morgan fingerprint density at radius 2 is 2.00 bits per heavy atom. The third kappa shape index (κ3) is 8.68.